The summed E-state index contributed by atoms with van der Waals surface area (Å²) in [6.07, 6.45) is -9.56. The Bertz CT molecular complexity index is 1200. The molecule has 2 aliphatic heterocycles. The van der Waals surface area contributed by atoms with E-state index >= 15 is 0 Å². The van der Waals surface area contributed by atoms with Crippen LogP contribution in [0.4, 0.5) is 26.3 Å². The number of hydrogen-bond donors (Lipinski definition) is 0. The molecule has 2 fully saturated rings. The van der Waals surface area contributed by atoms with Crippen LogP contribution in [0.2, 0.25) is 10.0 Å². The van der Waals surface area contributed by atoms with Gasteiger partial charge in [-0.15, -0.1) is 0 Å². The molecule has 2 heterocycles. The van der Waals surface area contributed by atoms with Crippen molar-refractivity contribution in [3.8, 4) is 0 Å². The smallest absolute Gasteiger partial charge is 0.416 e. The molecule has 5 nitrogen and oxygen atoms in total. The molecule has 4 rings (SSSR count). The van der Waals surface area contributed by atoms with Crippen LogP contribution < -0.4 is 0 Å². The third-order valence-electron chi connectivity index (χ3n) is 7.55. The molecule has 41 heavy (non-hydrogen) atoms. The molecule has 0 saturated carbocycles. The van der Waals surface area contributed by atoms with Gasteiger partial charge in [-0.2, -0.15) is 26.3 Å². The second kappa shape index (κ2) is 12.9. The average Bonchev–Trinajstić information content (AvgIpc) is 2.87. The molecule has 0 N–H and O–H groups in total. The summed E-state index contributed by atoms with van der Waals surface area (Å²) in [6, 6.07) is 6.28. The number of alkyl halides is 6. The molecule has 2 aliphatic rings. The number of nitrogens with zero attached hydrogens (tertiary/aromatic N) is 3. The molecule has 0 aliphatic carbocycles. The van der Waals surface area contributed by atoms with Crippen molar-refractivity contribution < 1.29 is 35.7 Å². The number of likely N-dealkylation sites (N-methyl/N-ethyl adjacent to an activating group) is 1. The van der Waals surface area contributed by atoms with Crippen molar-refractivity contribution in [1.82, 2.24) is 14.7 Å². The standard InChI is InChI=1S/C27H29Cl2F6N3O2S/c1-36(25(39)19-10-20(26(30,31)32)13-21(11-19)27(33,34)35)14-18(17-2-3-23(28)24(29)12-17)4-5-37-15-22(16-37)38-6-8-41(40)9-7-38/h2-3,10-13,18,22H,4-9,14-16H2,1H3/t18-/m1/s1. The van der Waals surface area contributed by atoms with Crippen LogP contribution >= 0.6 is 23.2 Å². The van der Waals surface area contributed by atoms with Crippen molar-refractivity contribution in [2.45, 2.75) is 30.7 Å². The van der Waals surface area contributed by atoms with Gasteiger partial charge in [0.05, 0.1) is 21.2 Å². The van der Waals surface area contributed by atoms with Crippen molar-refractivity contribution in [3.63, 3.8) is 0 Å². The first-order chi connectivity index (χ1) is 19.1. The number of likely N-dealkylation sites (tertiary alicyclic amines) is 1. The van der Waals surface area contributed by atoms with Crippen LogP contribution in [0.15, 0.2) is 36.4 Å². The molecule has 0 radical (unpaired) electrons. The van der Waals surface area contributed by atoms with Gasteiger partial charge in [0, 0.05) is 57.3 Å². The van der Waals surface area contributed by atoms with Gasteiger partial charge < -0.3 is 14.4 Å². The van der Waals surface area contributed by atoms with Crippen molar-refractivity contribution in [2.75, 3.05) is 57.8 Å². The molecule has 0 bridgehead atoms. The van der Waals surface area contributed by atoms with Crippen LogP contribution in [0.25, 0.3) is 0 Å². The van der Waals surface area contributed by atoms with Gasteiger partial charge in [-0.25, -0.2) is 0 Å². The zero-order valence-electron chi connectivity index (χ0n) is 22.1. The highest BCUT2D eigenvalue weighted by Gasteiger charge is 2.38. The van der Waals surface area contributed by atoms with Crippen LogP contribution in [0.5, 0.6) is 0 Å². The number of hydrogen-bond acceptors (Lipinski definition) is 4. The van der Waals surface area contributed by atoms with Crippen LogP contribution in [-0.4, -0.2) is 89.0 Å². The van der Waals surface area contributed by atoms with Crippen LogP contribution in [0.1, 0.15) is 39.4 Å². The highest BCUT2D eigenvalue weighted by atomic mass is 35.5. The fourth-order valence-corrected chi connectivity index (χ4v) is 6.54. The van der Waals surface area contributed by atoms with Gasteiger partial charge in [-0.1, -0.05) is 40.4 Å². The van der Waals surface area contributed by atoms with E-state index in [9.17, 15) is 35.7 Å². The number of carbonyl (C=O) groups is 1. The van der Waals surface area contributed by atoms with E-state index < -0.39 is 46.1 Å². The van der Waals surface area contributed by atoms with E-state index in [4.69, 9.17) is 23.2 Å². The van der Waals surface area contributed by atoms with Crippen LogP contribution in [0, 0.1) is 0 Å². The first kappa shape index (κ1) is 32.2. The highest BCUT2D eigenvalue weighted by molar-refractivity contribution is 7.91. The Labute approximate surface area is 247 Å². The van der Waals surface area contributed by atoms with E-state index in [1.807, 2.05) is 0 Å². The largest absolute Gasteiger partial charge is 0.616 e. The Morgan fingerprint density at radius 1 is 1.00 bits per heavy atom. The Morgan fingerprint density at radius 2 is 1.59 bits per heavy atom. The second-order valence-electron chi connectivity index (χ2n) is 10.4. The van der Waals surface area contributed by atoms with Gasteiger partial charge in [-0.3, -0.25) is 9.69 Å². The monoisotopic (exact) mass is 643 g/mol. The minimum Gasteiger partial charge on any atom is -0.616 e. The summed E-state index contributed by atoms with van der Waals surface area (Å²) in [4.78, 5) is 18.9. The summed E-state index contributed by atoms with van der Waals surface area (Å²) in [6.45, 7) is 3.96. The molecule has 2 aromatic carbocycles. The molecule has 2 saturated heterocycles. The number of amides is 1. The first-order valence-electron chi connectivity index (χ1n) is 12.9. The first-order valence-corrected chi connectivity index (χ1v) is 15.2. The summed E-state index contributed by atoms with van der Waals surface area (Å²) in [5, 5.41) is 0.623. The van der Waals surface area contributed by atoms with E-state index in [1.165, 1.54) is 7.05 Å². The summed E-state index contributed by atoms with van der Waals surface area (Å²) in [7, 11) is 1.35. The molecule has 14 heteroatoms. The number of benzene rings is 2. The van der Waals surface area contributed by atoms with Gasteiger partial charge in [-0.05, 0) is 48.9 Å². The molecule has 0 aromatic heterocycles. The molecule has 226 valence electrons. The lowest BCUT2D eigenvalue weighted by atomic mass is 9.93. The van der Waals surface area contributed by atoms with E-state index in [1.54, 1.807) is 18.2 Å². The number of halogens is 8. The van der Waals surface area contributed by atoms with Gasteiger partial charge in [0.1, 0.15) is 11.5 Å². The average molecular weight is 645 g/mol. The van der Waals surface area contributed by atoms with Crippen LogP contribution in [0.3, 0.4) is 0 Å². The van der Waals surface area contributed by atoms with Crippen molar-refractivity contribution in [1.29, 1.82) is 0 Å². The van der Waals surface area contributed by atoms with Crippen molar-refractivity contribution in [2.24, 2.45) is 0 Å². The van der Waals surface area contributed by atoms with Crippen LogP contribution in [-0.2, 0) is 23.5 Å². The summed E-state index contributed by atoms with van der Waals surface area (Å²) >= 11 is 11.5. The molecule has 0 spiro atoms. The van der Waals surface area contributed by atoms with Gasteiger partial charge in [0.25, 0.3) is 5.91 Å². The summed E-state index contributed by atoms with van der Waals surface area (Å²) in [5.41, 5.74) is -3.04. The van der Waals surface area contributed by atoms with E-state index in [2.05, 4.69) is 9.80 Å². The Balaban J connectivity index is 1.47. The van der Waals surface area contributed by atoms with E-state index in [0.29, 0.717) is 52.7 Å². The summed E-state index contributed by atoms with van der Waals surface area (Å²) in [5.74, 6) is 0.0698. The SMILES string of the molecule is CN(C[C@@H](CCN1CC(N2CC[S+]([O-])CC2)C1)c1ccc(Cl)c(Cl)c1)C(=O)c1cc(C(F)(F)F)cc(C(F)(F)F)c1. The van der Waals surface area contributed by atoms with Gasteiger partial charge in [0.2, 0.25) is 0 Å². The van der Waals surface area contributed by atoms with Gasteiger partial charge >= 0.3 is 12.4 Å². The second-order valence-corrected chi connectivity index (χ2v) is 12.9. The fraction of sp³-hybridized carbons (Fsp3) is 0.519. The van der Waals surface area contributed by atoms with E-state index in [-0.39, 0.29) is 18.5 Å². The zero-order valence-corrected chi connectivity index (χ0v) is 24.4. The molecule has 2 aromatic rings. The third-order valence-corrected chi connectivity index (χ3v) is 9.57. The minimum absolute atomic E-state index is 0.00106. The maximum atomic E-state index is 13.3. The predicted octanol–water partition coefficient (Wildman–Crippen LogP) is 6.03. The molecule has 1 atom stereocenters. The molecule has 0 unspecified atom stereocenters. The maximum absolute atomic E-state index is 13.3. The Morgan fingerprint density at radius 3 is 2.12 bits per heavy atom. The molecule has 1 amide bonds. The molecular weight excluding hydrogens is 615 g/mol. The fourth-order valence-electron chi connectivity index (χ4n) is 5.15. The minimum atomic E-state index is -5.06. The number of rotatable bonds is 8. The Kier molecular flexibility index (Phi) is 10.1. The summed E-state index contributed by atoms with van der Waals surface area (Å²) < 4.78 is 91.7. The predicted molar refractivity (Wildman–Crippen MR) is 147 cm³/mol. The third kappa shape index (κ3) is 8.23. The normalized spacial score (nSPS) is 18.8. The van der Waals surface area contributed by atoms with Crippen molar-refractivity contribution in [3.05, 3.63) is 68.7 Å². The van der Waals surface area contributed by atoms with Gasteiger partial charge in [0.15, 0.2) is 0 Å². The topological polar surface area (TPSA) is 49.9 Å². The zero-order chi connectivity index (χ0) is 30.1. The lowest BCUT2D eigenvalue weighted by molar-refractivity contribution is -0.143. The lowest BCUT2D eigenvalue weighted by Crippen LogP contribution is -2.62. The highest BCUT2D eigenvalue weighted by Crippen LogP contribution is 2.37. The lowest BCUT2D eigenvalue weighted by Gasteiger charge is -2.47. The quantitative estimate of drug-likeness (QED) is 0.261. The molecular formula is C27H29Cl2F6N3O2S. The van der Waals surface area contributed by atoms with E-state index in [0.717, 1.165) is 36.6 Å². The maximum Gasteiger partial charge on any atom is 0.416 e. The Hall–Kier alpha value is -1.70. The van der Waals surface area contributed by atoms with Crippen molar-refractivity contribution >= 4 is 40.3 Å². The number of carbonyl (C=O) groups excluding carboxylic acids is 1.